The summed E-state index contributed by atoms with van der Waals surface area (Å²) in [6.07, 6.45) is 0.925. The predicted molar refractivity (Wildman–Crippen MR) is 258 cm³/mol. The van der Waals surface area contributed by atoms with Crippen molar-refractivity contribution in [1.29, 1.82) is 0 Å². The van der Waals surface area contributed by atoms with Crippen LogP contribution in [0.2, 0.25) is 0 Å². The second kappa shape index (κ2) is 13.5. The Balaban J connectivity index is 1.21. The second-order valence-electron chi connectivity index (χ2n) is 16.8. The van der Waals surface area contributed by atoms with E-state index >= 15 is 4.39 Å². The highest BCUT2D eigenvalue weighted by Gasteiger charge is 2.53. The minimum Gasteiger partial charge on any atom is -0.451 e. The number of hydrogen-bond donors (Lipinski definition) is 0. The van der Waals surface area contributed by atoms with Crippen molar-refractivity contribution in [3.8, 4) is 11.1 Å². The number of rotatable bonds is 5. The Kier molecular flexibility index (Phi) is 7.68. The summed E-state index contributed by atoms with van der Waals surface area (Å²) in [5.74, 6) is -0.373. The third kappa shape index (κ3) is 4.89. The molecule has 0 amide bonds. The first kappa shape index (κ1) is 35.8. The highest BCUT2D eigenvalue weighted by atomic mass is 19.1. The Morgan fingerprint density at radius 2 is 1.08 bits per heavy atom. The third-order valence-electron chi connectivity index (χ3n) is 13.7. The van der Waals surface area contributed by atoms with Crippen LogP contribution in [0.5, 0.6) is 0 Å². The Hall–Kier alpha value is -7.95. The van der Waals surface area contributed by atoms with Gasteiger partial charge >= 0.3 is 0 Å². The Morgan fingerprint density at radius 1 is 0.476 bits per heavy atom. The molecule has 3 nitrogen and oxygen atoms in total. The average Bonchev–Trinajstić information content (AvgIpc) is 3.88. The van der Waals surface area contributed by atoms with Crippen molar-refractivity contribution < 1.29 is 8.81 Å². The van der Waals surface area contributed by atoms with Crippen LogP contribution in [0.1, 0.15) is 34.7 Å². The Bertz CT molecular complexity index is 3600. The van der Waals surface area contributed by atoms with Crippen LogP contribution >= 0.6 is 0 Å². The number of aryl methyl sites for hydroxylation is 1. The lowest BCUT2D eigenvalue weighted by Gasteiger charge is -2.45. The lowest BCUT2D eigenvalue weighted by atomic mass is 9.64. The van der Waals surface area contributed by atoms with Gasteiger partial charge in [0.15, 0.2) is 17.0 Å². The molecule has 0 unspecified atom stereocenters. The number of hydrogen-bond acceptors (Lipinski definition) is 3. The van der Waals surface area contributed by atoms with Crippen molar-refractivity contribution in [3.05, 3.63) is 240 Å². The molecule has 0 radical (unpaired) electrons. The molecule has 2 aliphatic rings. The summed E-state index contributed by atoms with van der Waals surface area (Å²) >= 11 is 0. The van der Waals surface area contributed by atoms with E-state index in [0.29, 0.717) is 5.58 Å². The van der Waals surface area contributed by atoms with Crippen LogP contribution in [-0.2, 0) is 11.8 Å². The van der Waals surface area contributed by atoms with Crippen LogP contribution in [0.4, 0.5) is 38.5 Å². The first-order chi connectivity index (χ1) is 31.1. The lowest BCUT2D eigenvalue weighted by Crippen LogP contribution is -2.36. The molecule has 298 valence electrons. The fourth-order valence-electron chi connectivity index (χ4n) is 11.0. The van der Waals surface area contributed by atoms with Gasteiger partial charge in [-0.3, -0.25) is 0 Å². The molecule has 1 aliphatic carbocycles. The van der Waals surface area contributed by atoms with E-state index in [1.807, 2.05) is 12.1 Å². The van der Waals surface area contributed by atoms with Crippen LogP contribution in [0.15, 0.2) is 211 Å². The van der Waals surface area contributed by atoms with E-state index in [0.717, 1.165) is 62.1 Å². The fourth-order valence-corrected chi connectivity index (χ4v) is 11.0. The zero-order valence-corrected chi connectivity index (χ0v) is 34.5. The van der Waals surface area contributed by atoms with Gasteiger partial charge in [0, 0.05) is 27.5 Å². The number of para-hydroxylation sites is 5. The summed E-state index contributed by atoms with van der Waals surface area (Å²) < 4.78 is 22.2. The van der Waals surface area contributed by atoms with E-state index in [2.05, 4.69) is 199 Å². The molecule has 0 saturated heterocycles. The molecule has 0 atom stereocenters. The standard InChI is InChI=1S/C59H39FN2O/c1-2-37-30-33-40(34-31-37)62(53-29-15-23-45-44-22-14-26-50(60)57(44)63-58(45)53)54-36-49-56(43-21-9-8-20-42(43)54)55-41-19-7-6-16-38(41)32-35-48(55)59(49)46-24-10-12-27-51(46)61(39-17-4-3-5-18-39)52-28-13-11-25-47(52)59/h3-36H,2H2,1H3. The highest BCUT2D eigenvalue weighted by Crippen LogP contribution is 2.66. The van der Waals surface area contributed by atoms with Crippen molar-refractivity contribution >= 4 is 77.6 Å². The molecule has 0 N–H and O–H groups in total. The molecule has 2 heterocycles. The fraction of sp³-hybridized carbons (Fsp3) is 0.0508. The number of anilines is 6. The molecule has 1 aliphatic heterocycles. The van der Waals surface area contributed by atoms with Crippen molar-refractivity contribution in [2.45, 2.75) is 18.8 Å². The zero-order valence-electron chi connectivity index (χ0n) is 34.5. The summed E-state index contributed by atoms with van der Waals surface area (Å²) in [6, 6.07) is 73.8. The molecular formula is C59H39FN2O. The van der Waals surface area contributed by atoms with Gasteiger partial charge < -0.3 is 14.2 Å². The Morgan fingerprint density at radius 3 is 1.83 bits per heavy atom. The number of nitrogens with zero attached hydrogens (tertiary/aromatic N) is 2. The molecule has 11 aromatic rings. The van der Waals surface area contributed by atoms with Crippen molar-refractivity contribution in [3.63, 3.8) is 0 Å². The van der Waals surface area contributed by atoms with Crippen LogP contribution < -0.4 is 9.80 Å². The van der Waals surface area contributed by atoms with Gasteiger partial charge in [0.25, 0.3) is 0 Å². The summed E-state index contributed by atoms with van der Waals surface area (Å²) in [6.45, 7) is 2.18. The van der Waals surface area contributed by atoms with E-state index in [9.17, 15) is 0 Å². The molecule has 0 fully saturated rings. The minimum atomic E-state index is -0.710. The van der Waals surface area contributed by atoms with Gasteiger partial charge in [-0.05, 0) is 116 Å². The van der Waals surface area contributed by atoms with Gasteiger partial charge in [0.2, 0.25) is 0 Å². The summed E-state index contributed by atoms with van der Waals surface area (Å²) in [7, 11) is 0. The topological polar surface area (TPSA) is 19.6 Å². The lowest BCUT2D eigenvalue weighted by molar-refractivity contribution is 0.584. The molecule has 63 heavy (non-hydrogen) atoms. The van der Waals surface area contributed by atoms with Crippen molar-refractivity contribution in [1.82, 2.24) is 0 Å². The van der Waals surface area contributed by atoms with Gasteiger partial charge in [-0.25, -0.2) is 4.39 Å². The number of fused-ring (bicyclic) bond motifs is 16. The number of furan rings is 1. The van der Waals surface area contributed by atoms with E-state index < -0.39 is 5.41 Å². The monoisotopic (exact) mass is 810 g/mol. The normalized spacial score (nSPS) is 13.4. The molecule has 0 bridgehead atoms. The van der Waals surface area contributed by atoms with Gasteiger partial charge in [0.1, 0.15) is 0 Å². The van der Waals surface area contributed by atoms with Gasteiger partial charge in [-0.15, -0.1) is 0 Å². The van der Waals surface area contributed by atoms with E-state index in [4.69, 9.17) is 4.42 Å². The molecule has 13 rings (SSSR count). The minimum absolute atomic E-state index is 0.264. The van der Waals surface area contributed by atoms with Crippen LogP contribution in [-0.4, -0.2) is 0 Å². The molecule has 0 saturated carbocycles. The zero-order chi connectivity index (χ0) is 41.8. The first-order valence-electron chi connectivity index (χ1n) is 21.8. The molecular weight excluding hydrogens is 772 g/mol. The van der Waals surface area contributed by atoms with E-state index in [1.54, 1.807) is 6.07 Å². The predicted octanol–water partition coefficient (Wildman–Crippen LogP) is 16.2. The van der Waals surface area contributed by atoms with Crippen LogP contribution in [0.3, 0.4) is 0 Å². The van der Waals surface area contributed by atoms with Crippen LogP contribution in [0.25, 0.3) is 54.6 Å². The number of benzene rings is 10. The largest absolute Gasteiger partial charge is 0.451 e. The summed E-state index contributed by atoms with van der Waals surface area (Å²) in [4.78, 5) is 4.77. The SMILES string of the molecule is CCc1ccc(N(c2cc3c(c4ccccc24)-c2c(ccc4ccccc24)C32c3ccccc3N(c3ccccc3)c3ccccc32)c2cccc3c2oc2c(F)cccc23)cc1. The third-order valence-corrected chi connectivity index (χ3v) is 13.7. The molecule has 10 aromatic carbocycles. The maximum absolute atomic E-state index is 15.6. The van der Waals surface area contributed by atoms with E-state index in [1.165, 1.54) is 55.8 Å². The quantitative estimate of drug-likeness (QED) is 0.173. The van der Waals surface area contributed by atoms with Gasteiger partial charge in [-0.1, -0.05) is 159 Å². The number of halogens is 1. The summed E-state index contributed by atoms with van der Waals surface area (Å²) in [5, 5.41) is 6.33. The molecule has 1 aromatic heterocycles. The first-order valence-corrected chi connectivity index (χ1v) is 21.8. The highest BCUT2D eigenvalue weighted by molar-refractivity contribution is 6.18. The van der Waals surface area contributed by atoms with Gasteiger partial charge in [-0.2, -0.15) is 0 Å². The Labute approximate surface area is 364 Å². The summed E-state index contributed by atoms with van der Waals surface area (Å²) in [5.41, 5.74) is 15.1. The maximum Gasteiger partial charge on any atom is 0.171 e. The molecule has 4 heteroatoms. The maximum atomic E-state index is 15.6. The van der Waals surface area contributed by atoms with Crippen molar-refractivity contribution in [2.75, 3.05) is 9.80 Å². The smallest absolute Gasteiger partial charge is 0.171 e. The van der Waals surface area contributed by atoms with Crippen LogP contribution in [0, 0.1) is 5.82 Å². The van der Waals surface area contributed by atoms with Gasteiger partial charge in [0.05, 0.1) is 28.2 Å². The van der Waals surface area contributed by atoms with E-state index in [-0.39, 0.29) is 11.4 Å². The second-order valence-corrected chi connectivity index (χ2v) is 16.8. The van der Waals surface area contributed by atoms with Crippen molar-refractivity contribution in [2.24, 2.45) is 0 Å². The molecule has 1 spiro atoms. The average molecular weight is 811 g/mol.